The zero-order valence-corrected chi connectivity index (χ0v) is 14.0. The number of benzene rings is 1. The molecule has 3 N–H and O–H groups in total. The maximum absolute atomic E-state index is 11.9. The molecule has 0 saturated carbocycles. The average molecular weight is 410 g/mol. The number of hydrogen-bond acceptors (Lipinski definition) is 3. The summed E-state index contributed by atoms with van der Waals surface area (Å²) in [6.07, 6.45) is 0. The van der Waals surface area contributed by atoms with Gasteiger partial charge in [-0.15, -0.1) is 11.3 Å². The van der Waals surface area contributed by atoms with Gasteiger partial charge >= 0.3 is 12.0 Å². The first-order valence-electron chi connectivity index (χ1n) is 5.42. The van der Waals surface area contributed by atoms with Crippen molar-refractivity contribution in [2.75, 3.05) is 10.6 Å². The first-order chi connectivity index (χ1) is 9.90. The summed E-state index contributed by atoms with van der Waals surface area (Å²) in [6, 6.07) is 4.01. The van der Waals surface area contributed by atoms with Crippen LogP contribution in [0.3, 0.4) is 0 Å². The first kappa shape index (κ1) is 16.1. The Labute approximate surface area is 142 Å². The Morgan fingerprint density at radius 1 is 1.14 bits per heavy atom. The Balaban J connectivity index is 2.14. The number of carboxylic acids is 1. The molecule has 0 radical (unpaired) electrons. The molecule has 0 aliphatic carbocycles. The van der Waals surface area contributed by atoms with Crippen molar-refractivity contribution in [3.8, 4) is 0 Å². The molecule has 0 bridgehead atoms. The Bertz CT molecular complexity index is 721. The number of anilines is 2. The third kappa shape index (κ3) is 3.68. The van der Waals surface area contributed by atoms with E-state index in [4.69, 9.17) is 28.3 Å². The van der Waals surface area contributed by atoms with Crippen molar-refractivity contribution in [2.45, 2.75) is 0 Å². The highest BCUT2D eigenvalue weighted by atomic mass is 79.9. The number of aromatic carboxylic acids is 1. The van der Waals surface area contributed by atoms with Crippen LogP contribution in [0, 0.1) is 0 Å². The van der Waals surface area contributed by atoms with Crippen molar-refractivity contribution < 1.29 is 14.7 Å². The number of carbonyl (C=O) groups excluding carboxylic acids is 1. The number of rotatable bonds is 3. The average Bonchev–Trinajstić information content (AvgIpc) is 2.88. The molecule has 2 rings (SSSR count). The number of nitrogens with one attached hydrogen (secondary N) is 2. The van der Waals surface area contributed by atoms with Crippen molar-refractivity contribution in [3.05, 3.63) is 43.7 Å². The van der Waals surface area contributed by atoms with Gasteiger partial charge in [-0.1, -0.05) is 23.2 Å². The third-order valence-corrected chi connectivity index (χ3v) is 5.01. The van der Waals surface area contributed by atoms with E-state index < -0.39 is 12.0 Å². The van der Waals surface area contributed by atoms with E-state index in [0.717, 1.165) is 11.3 Å². The van der Waals surface area contributed by atoms with Gasteiger partial charge in [-0.2, -0.15) is 0 Å². The lowest BCUT2D eigenvalue weighted by Gasteiger charge is -2.10. The van der Waals surface area contributed by atoms with Crippen LogP contribution in [0.5, 0.6) is 0 Å². The lowest BCUT2D eigenvalue weighted by molar-refractivity contribution is 0.0698. The van der Waals surface area contributed by atoms with Crippen LogP contribution in [0.25, 0.3) is 0 Å². The first-order valence-corrected chi connectivity index (χ1v) is 7.85. The van der Waals surface area contributed by atoms with E-state index in [1.54, 1.807) is 17.5 Å². The molecule has 2 amide bonds. The Morgan fingerprint density at radius 3 is 2.52 bits per heavy atom. The molecule has 0 saturated heterocycles. The second-order valence-electron chi connectivity index (χ2n) is 3.77. The summed E-state index contributed by atoms with van der Waals surface area (Å²) in [6.45, 7) is 0. The zero-order chi connectivity index (χ0) is 15.6. The molecule has 1 heterocycles. The molecule has 5 nitrogen and oxygen atoms in total. The molecule has 2 aromatic rings. The molecule has 0 spiro atoms. The topological polar surface area (TPSA) is 78.4 Å². The fourth-order valence-electron chi connectivity index (χ4n) is 1.45. The predicted octanol–water partition coefficient (Wildman–Crippen LogP) is 5.16. The molecule has 0 fully saturated rings. The van der Waals surface area contributed by atoms with Crippen molar-refractivity contribution in [2.24, 2.45) is 0 Å². The van der Waals surface area contributed by atoms with Gasteiger partial charge in [0.2, 0.25) is 0 Å². The second kappa shape index (κ2) is 6.65. The quantitative estimate of drug-likeness (QED) is 0.612. The Hall–Kier alpha value is -1.28. The van der Waals surface area contributed by atoms with Crippen LogP contribution in [0.1, 0.15) is 10.4 Å². The van der Waals surface area contributed by atoms with Crippen molar-refractivity contribution in [1.29, 1.82) is 0 Å². The second-order valence-corrected chi connectivity index (χ2v) is 6.30. The molecular weight excluding hydrogens is 403 g/mol. The van der Waals surface area contributed by atoms with E-state index in [9.17, 15) is 9.59 Å². The van der Waals surface area contributed by atoms with E-state index in [-0.39, 0.29) is 20.6 Å². The summed E-state index contributed by atoms with van der Waals surface area (Å²) in [5.41, 5.74) is 0.339. The van der Waals surface area contributed by atoms with Crippen LogP contribution in [0.4, 0.5) is 15.5 Å². The molecule has 0 unspecified atom stereocenters. The van der Waals surface area contributed by atoms with Gasteiger partial charge in [0.15, 0.2) is 0 Å². The lowest BCUT2D eigenvalue weighted by Crippen LogP contribution is -2.20. The molecule has 0 aliphatic heterocycles. The van der Waals surface area contributed by atoms with Crippen LogP contribution >= 0.6 is 50.5 Å². The maximum atomic E-state index is 11.9. The van der Waals surface area contributed by atoms with Crippen molar-refractivity contribution in [1.82, 2.24) is 0 Å². The largest absolute Gasteiger partial charge is 0.478 e. The number of carbonyl (C=O) groups is 2. The summed E-state index contributed by atoms with van der Waals surface area (Å²) < 4.78 is 0.603. The van der Waals surface area contributed by atoms with Gasteiger partial charge in [0, 0.05) is 4.47 Å². The summed E-state index contributed by atoms with van der Waals surface area (Å²) in [7, 11) is 0. The number of amides is 2. The third-order valence-electron chi connectivity index (χ3n) is 2.41. The highest BCUT2D eigenvalue weighted by molar-refractivity contribution is 9.10. The van der Waals surface area contributed by atoms with Crippen LogP contribution in [-0.2, 0) is 0 Å². The van der Waals surface area contributed by atoms with Crippen LogP contribution in [0.2, 0.25) is 10.0 Å². The van der Waals surface area contributed by atoms with Gasteiger partial charge in [0.25, 0.3) is 0 Å². The molecule has 1 aromatic carbocycles. The monoisotopic (exact) mass is 408 g/mol. The van der Waals surface area contributed by atoms with E-state index in [1.807, 2.05) is 0 Å². The zero-order valence-electron chi connectivity index (χ0n) is 10.1. The maximum Gasteiger partial charge on any atom is 0.338 e. The van der Waals surface area contributed by atoms with E-state index in [1.165, 1.54) is 6.07 Å². The molecule has 1 aromatic heterocycles. The summed E-state index contributed by atoms with van der Waals surface area (Å²) in [5.74, 6) is -1.11. The molecular formula is C12H7BrCl2N2O3S. The fraction of sp³-hybridized carbons (Fsp3) is 0. The standard InChI is InChI=1S/C12H7BrCl2N2O3S/c13-6-1-2-7(9(15)8(6)14)16-12(20)17-10-5(11(18)19)3-4-21-10/h1-4H,(H,18,19)(H2,16,17,20). The number of halogens is 3. The van der Waals surface area contributed by atoms with Crippen molar-refractivity contribution in [3.63, 3.8) is 0 Å². The van der Waals surface area contributed by atoms with Gasteiger partial charge in [0.1, 0.15) is 5.00 Å². The summed E-state index contributed by atoms with van der Waals surface area (Å²) in [4.78, 5) is 22.8. The normalized spacial score (nSPS) is 10.2. The minimum Gasteiger partial charge on any atom is -0.478 e. The van der Waals surface area contributed by atoms with Crippen LogP contribution in [0.15, 0.2) is 28.1 Å². The Morgan fingerprint density at radius 2 is 1.86 bits per heavy atom. The smallest absolute Gasteiger partial charge is 0.338 e. The van der Waals surface area contributed by atoms with E-state index in [2.05, 4.69) is 26.6 Å². The van der Waals surface area contributed by atoms with Gasteiger partial charge < -0.3 is 10.4 Å². The molecule has 110 valence electrons. The number of hydrogen-bond donors (Lipinski definition) is 3. The van der Waals surface area contributed by atoms with Crippen LogP contribution in [-0.4, -0.2) is 17.1 Å². The lowest BCUT2D eigenvalue weighted by atomic mass is 10.3. The highest BCUT2D eigenvalue weighted by Gasteiger charge is 2.15. The Kier molecular flexibility index (Phi) is 5.10. The summed E-state index contributed by atoms with van der Waals surface area (Å²) >= 11 is 16.3. The van der Waals surface area contributed by atoms with Crippen molar-refractivity contribution >= 4 is 73.2 Å². The molecule has 9 heteroatoms. The molecule has 0 atom stereocenters. The number of thiophene rings is 1. The van der Waals surface area contributed by atoms with Gasteiger partial charge in [-0.05, 0) is 39.5 Å². The van der Waals surface area contributed by atoms with E-state index in [0.29, 0.717) is 10.2 Å². The van der Waals surface area contributed by atoms with Crippen LogP contribution < -0.4 is 10.6 Å². The minimum absolute atomic E-state index is 0.0232. The fourth-order valence-corrected chi connectivity index (χ4v) is 3.05. The van der Waals surface area contributed by atoms with E-state index >= 15 is 0 Å². The molecule has 21 heavy (non-hydrogen) atoms. The predicted molar refractivity (Wildman–Crippen MR) is 88.1 cm³/mol. The summed E-state index contributed by atoms with van der Waals surface area (Å²) in [5, 5.41) is 16.2. The molecule has 0 aliphatic rings. The van der Waals surface area contributed by atoms with Gasteiger partial charge in [-0.25, -0.2) is 9.59 Å². The number of carboxylic acid groups (broad SMARTS) is 1. The van der Waals surface area contributed by atoms with Gasteiger partial charge in [0.05, 0.1) is 21.3 Å². The SMILES string of the molecule is O=C(Nc1ccc(Br)c(Cl)c1Cl)Nc1sccc1C(=O)O. The van der Waals surface area contributed by atoms with Gasteiger partial charge in [-0.3, -0.25) is 5.32 Å². The highest BCUT2D eigenvalue weighted by Crippen LogP contribution is 2.36. The minimum atomic E-state index is -1.11. The number of urea groups is 1.